The van der Waals surface area contributed by atoms with Gasteiger partial charge in [-0.2, -0.15) is 0 Å². The van der Waals surface area contributed by atoms with Crippen molar-refractivity contribution < 1.29 is 9.53 Å². The van der Waals surface area contributed by atoms with Crippen LogP contribution in [0.2, 0.25) is 0 Å². The number of benzene rings is 1. The Hall–Kier alpha value is -2.01. The third-order valence-electron chi connectivity index (χ3n) is 2.85. The lowest BCUT2D eigenvalue weighted by atomic mass is 10.1. The molecule has 0 saturated heterocycles. The van der Waals surface area contributed by atoms with E-state index in [4.69, 9.17) is 10.5 Å². The highest BCUT2D eigenvalue weighted by atomic mass is 32.1. The first-order valence-corrected chi connectivity index (χ1v) is 6.78. The third kappa shape index (κ3) is 2.88. The molecule has 19 heavy (non-hydrogen) atoms. The predicted molar refractivity (Wildman–Crippen MR) is 77.6 cm³/mol. The third-order valence-corrected chi connectivity index (χ3v) is 3.78. The minimum atomic E-state index is -0.161. The number of rotatable bonds is 4. The number of para-hydroxylation sites is 1. The van der Waals surface area contributed by atoms with Gasteiger partial charge in [-0.3, -0.25) is 4.79 Å². The Morgan fingerprint density at radius 2 is 2.11 bits per heavy atom. The van der Waals surface area contributed by atoms with Gasteiger partial charge >= 0.3 is 0 Å². The first kappa shape index (κ1) is 13.4. The predicted octanol–water partition coefficient (Wildman–Crippen LogP) is 2.83. The van der Waals surface area contributed by atoms with Gasteiger partial charge in [0.05, 0.1) is 18.8 Å². The average molecular weight is 276 g/mol. The maximum atomic E-state index is 12.1. The summed E-state index contributed by atoms with van der Waals surface area (Å²) in [5.74, 6) is 0.598. The van der Waals surface area contributed by atoms with E-state index >= 15 is 0 Å². The van der Waals surface area contributed by atoms with Crippen molar-refractivity contribution in [3.05, 3.63) is 46.2 Å². The van der Waals surface area contributed by atoms with Crippen molar-refractivity contribution in [2.45, 2.75) is 13.0 Å². The molecular formula is C14H16N2O2S. The van der Waals surface area contributed by atoms with Crippen LogP contribution in [0.4, 0.5) is 5.69 Å². The van der Waals surface area contributed by atoms with Gasteiger partial charge < -0.3 is 15.8 Å². The van der Waals surface area contributed by atoms with E-state index in [1.165, 1.54) is 11.3 Å². The van der Waals surface area contributed by atoms with Gasteiger partial charge in [0.1, 0.15) is 10.6 Å². The average Bonchev–Trinajstić information content (AvgIpc) is 2.85. The summed E-state index contributed by atoms with van der Waals surface area (Å²) >= 11 is 1.34. The van der Waals surface area contributed by atoms with Crippen LogP contribution in [0.25, 0.3) is 0 Å². The number of hydrogen-bond acceptors (Lipinski definition) is 4. The first-order chi connectivity index (χ1) is 9.13. The van der Waals surface area contributed by atoms with Crippen LogP contribution in [0, 0.1) is 0 Å². The summed E-state index contributed by atoms with van der Waals surface area (Å²) in [5.41, 5.74) is 7.18. The highest BCUT2D eigenvalue weighted by Gasteiger charge is 2.17. The Morgan fingerprint density at radius 1 is 1.37 bits per heavy atom. The van der Waals surface area contributed by atoms with E-state index < -0.39 is 0 Å². The summed E-state index contributed by atoms with van der Waals surface area (Å²) in [6.45, 7) is 1.92. The SMILES string of the molecule is COc1ccccc1C(C)NC(=O)c1sccc1N. The van der Waals surface area contributed by atoms with E-state index in [2.05, 4.69) is 5.32 Å². The Labute approximate surface area is 116 Å². The van der Waals surface area contributed by atoms with Crippen LogP contribution >= 0.6 is 11.3 Å². The van der Waals surface area contributed by atoms with Crippen molar-refractivity contribution >= 4 is 22.9 Å². The number of nitrogens with two attached hydrogens (primary N) is 1. The topological polar surface area (TPSA) is 64.3 Å². The number of hydrogen-bond donors (Lipinski definition) is 2. The number of amides is 1. The summed E-state index contributed by atoms with van der Waals surface area (Å²) in [5, 5.41) is 4.73. The molecule has 0 saturated carbocycles. The van der Waals surface area contributed by atoms with E-state index in [-0.39, 0.29) is 11.9 Å². The van der Waals surface area contributed by atoms with Crippen LogP contribution in [0.1, 0.15) is 28.2 Å². The number of nitrogens with one attached hydrogen (secondary N) is 1. The van der Waals surface area contributed by atoms with Crippen molar-refractivity contribution in [2.24, 2.45) is 0 Å². The number of nitrogen functional groups attached to an aromatic ring is 1. The lowest BCUT2D eigenvalue weighted by molar-refractivity contribution is 0.0944. The molecule has 0 aliphatic carbocycles. The van der Waals surface area contributed by atoms with Gasteiger partial charge in [0.2, 0.25) is 0 Å². The molecule has 2 aromatic rings. The fraction of sp³-hybridized carbons (Fsp3) is 0.214. The molecule has 2 rings (SSSR count). The molecule has 0 aliphatic rings. The molecule has 0 bridgehead atoms. The van der Waals surface area contributed by atoms with Crippen molar-refractivity contribution in [1.29, 1.82) is 0 Å². The van der Waals surface area contributed by atoms with Crippen LogP contribution in [-0.4, -0.2) is 13.0 Å². The molecule has 1 amide bonds. The van der Waals surface area contributed by atoms with Gasteiger partial charge in [0.25, 0.3) is 5.91 Å². The van der Waals surface area contributed by atoms with Crippen molar-refractivity contribution in [3.63, 3.8) is 0 Å². The quantitative estimate of drug-likeness (QED) is 0.902. The van der Waals surface area contributed by atoms with E-state index in [0.717, 1.165) is 11.3 Å². The summed E-state index contributed by atoms with van der Waals surface area (Å²) in [7, 11) is 1.62. The zero-order chi connectivity index (χ0) is 13.8. The fourth-order valence-electron chi connectivity index (χ4n) is 1.87. The van der Waals surface area contributed by atoms with Gasteiger partial charge in [-0.25, -0.2) is 0 Å². The van der Waals surface area contributed by atoms with E-state index in [1.807, 2.05) is 31.2 Å². The second kappa shape index (κ2) is 5.75. The molecule has 0 aliphatic heterocycles. The smallest absolute Gasteiger partial charge is 0.263 e. The Morgan fingerprint density at radius 3 is 2.74 bits per heavy atom. The highest BCUT2D eigenvalue weighted by Crippen LogP contribution is 2.25. The molecule has 1 aromatic heterocycles. The monoisotopic (exact) mass is 276 g/mol. The zero-order valence-corrected chi connectivity index (χ0v) is 11.7. The number of ether oxygens (including phenoxy) is 1. The standard InChI is InChI=1S/C14H16N2O2S/c1-9(10-5-3-4-6-12(10)18-2)16-14(17)13-11(15)7-8-19-13/h3-9H,15H2,1-2H3,(H,16,17). The van der Waals surface area contributed by atoms with Gasteiger partial charge in [0.15, 0.2) is 0 Å². The molecule has 100 valence electrons. The number of methoxy groups -OCH3 is 1. The summed E-state index contributed by atoms with van der Waals surface area (Å²) < 4.78 is 5.29. The molecule has 1 heterocycles. The van der Waals surface area contributed by atoms with Crippen LogP contribution in [0.3, 0.4) is 0 Å². The lowest BCUT2D eigenvalue weighted by Crippen LogP contribution is -2.26. The second-order valence-electron chi connectivity index (χ2n) is 4.14. The molecule has 1 atom stereocenters. The maximum Gasteiger partial charge on any atom is 0.263 e. The van der Waals surface area contributed by atoms with Crippen LogP contribution in [0.5, 0.6) is 5.75 Å². The van der Waals surface area contributed by atoms with Crippen LogP contribution in [-0.2, 0) is 0 Å². The van der Waals surface area contributed by atoms with Gasteiger partial charge in [-0.05, 0) is 24.4 Å². The van der Waals surface area contributed by atoms with Gasteiger partial charge in [-0.15, -0.1) is 11.3 Å². The molecule has 4 nitrogen and oxygen atoms in total. The fourth-order valence-corrected chi connectivity index (χ4v) is 2.59. The number of carbonyl (C=O) groups is 1. The summed E-state index contributed by atoms with van der Waals surface area (Å²) in [6.07, 6.45) is 0. The van der Waals surface area contributed by atoms with Gasteiger partial charge in [-0.1, -0.05) is 18.2 Å². The second-order valence-corrected chi connectivity index (χ2v) is 5.06. The largest absolute Gasteiger partial charge is 0.496 e. The molecule has 1 aromatic carbocycles. The Balaban J connectivity index is 2.15. The molecule has 0 fully saturated rings. The lowest BCUT2D eigenvalue weighted by Gasteiger charge is -2.17. The Kier molecular flexibility index (Phi) is 4.06. The maximum absolute atomic E-state index is 12.1. The molecule has 1 unspecified atom stereocenters. The van der Waals surface area contributed by atoms with E-state index in [0.29, 0.717) is 10.6 Å². The summed E-state index contributed by atoms with van der Waals surface area (Å²) in [6, 6.07) is 9.20. The van der Waals surface area contributed by atoms with Crippen LogP contribution in [0.15, 0.2) is 35.7 Å². The normalized spacial score (nSPS) is 11.9. The molecule has 0 spiro atoms. The molecule has 5 heteroatoms. The van der Waals surface area contributed by atoms with Crippen molar-refractivity contribution in [3.8, 4) is 5.75 Å². The minimum Gasteiger partial charge on any atom is -0.496 e. The Bertz CT molecular complexity index is 580. The van der Waals surface area contributed by atoms with Gasteiger partial charge in [0, 0.05) is 5.56 Å². The van der Waals surface area contributed by atoms with Crippen molar-refractivity contribution in [1.82, 2.24) is 5.32 Å². The van der Waals surface area contributed by atoms with Crippen LogP contribution < -0.4 is 15.8 Å². The van der Waals surface area contributed by atoms with Crippen molar-refractivity contribution in [2.75, 3.05) is 12.8 Å². The zero-order valence-electron chi connectivity index (χ0n) is 10.8. The van der Waals surface area contributed by atoms with E-state index in [9.17, 15) is 4.79 Å². The minimum absolute atomic E-state index is 0.148. The first-order valence-electron chi connectivity index (χ1n) is 5.90. The highest BCUT2D eigenvalue weighted by molar-refractivity contribution is 7.12. The number of carbonyl (C=O) groups excluding carboxylic acids is 1. The number of anilines is 1. The molecule has 0 radical (unpaired) electrons. The summed E-state index contributed by atoms with van der Waals surface area (Å²) in [4.78, 5) is 12.6. The van der Waals surface area contributed by atoms with E-state index in [1.54, 1.807) is 18.6 Å². The number of thiophene rings is 1. The molecule has 3 N–H and O–H groups in total. The molecular weight excluding hydrogens is 260 g/mol.